The van der Waals surface area contributed by atoms with Gasteiger partial charge in [0.2, 0.25) is 10.0 Å². The smallest absolute Gasteiger partial charge is 0.269 e. The molecular weight excluding hydrogens is 430 g/mol. The number of hydrogen-bond donors (Lipinski definition) is 4. The zero-order valence-corrected chi connectivity index (χ0v) is 16.9. The Hall–Kier alpha value is -3.54. The zero-order chi connectivity index (χ0) is 21.7. The van der Waals surface area contributed by atoms with Crippen molar-refractivity contribution in [1.29, 1.82) is 0 Å². The van der Waals surface area contributed by atoms with E-state index in [0.29, 0.717) is 17.2 Å². The number of fused-ring (bicyclic) bond motifs is 1. The third kappa shape index (κ3) is 5.29. The van der Waals surface area contributed by atoms with Crippen molar-refractivity contribution < 1.29 is 13.2 Å². The van der Waals surface area contributed by atoms with Crippen LogP contribution >= 0.6 is 11.6 Å². The van der Waals surface area contributed by atoms with Crippen molar-refractivity contribution in [3.05, 3.63) is 71.8 Å². The molecule has 0 saturated heterocycles. The Balaban J connectivity index is 0.000000184. The monoisotopic (exact) mass is 445 g/mol. The molecule has 1 amide bonds. The van der Waals surface area contributed by atoms with Gasteiger partial charge in [-0.25, -0.2) is 18.5 Å². The summed E-state index contributed by atoms with van der Waals surface area (Å²) in [7, 11) is -3.68. The van der Waals surface area contributed by atoms with Gasteiger partial charge >= 0.3 is 0 Å². The van der Waals surface area contributed by atoms with Crippen LogP contribution in [0.1, 0.15) is 10.5 Å². The Morgan fingerprint density at radius 1 is 1.07 bits per heavy atom. The number of amides is 1. The molecule has 0 radical (unpaired) electrons. The van der Waals surface area contributed by atoms with E-state index in [1.54, 1.807) is 18.2 Å². The van der Waals surface area contributed by atoms with E-state index >= 15 is 0 Å². The molecule has 0 saturated carbocycles. The number of para-hydroxylation sites is 1. The van der Waals surface area contributed by atoms with Gasteiger partial charge in [-0.2, -0.15) is 5.10 Å². The third-order valence-corrected chi connectivity index (χ3v) is 4.88. The first-order chi connectivity index (χ1) is 14.2. The van der Waals surface area contributed by atoms with Crippen molar-refractivity contribution in [3.63, 3.8) is 0 Å². The second kappa shape index (κ2) is 8.86. The van der Waals surface area contributed by atoms with Crippen LogP contribution in [0.15, 0.2) is 65.8 Å². The van der Waals surface area contributed by atoms with Gasteiger partial charge in [-0.1, -0.05) is 29.8 Å². The predicted molar refractivity (Wildman–Crippen MR) is 113 cm³/mol. The maximum Gasteiger partial charge on any atom is 0.269 e. The highest BCUT2D eigenvalue weighted by molar-refractivity contribution is 7.89. The van der Waals surface area contributed by atoms with Crippen LogP contribution in [0.4, 0.5) is 11.5 Å². The molecule has 12 heteroatoms. The number of sulfonamides is 1. The quantitative estimate of drug-likeness (QED) is 0.372. The second-order valence-corrected chi connectivity index (χ2v) is 7.85. The van der Waals surface area contributed by atoms with Gasteiger partial charge in [0, 0.05) is 11.1 Å². The number of halogens is 1. The first kappa shape index (κ1) is 21.2. The molecule has 0 atom stereocenters. The van der Waals surface area contributed by atoms with E-state index in [2.05, 4.69) is 25.5 Å². The van der Waals surface area contributed by atoms with E-state index in [1.165, 1.54) is 24.5 Å². The van der Waals surface area contributed by atoms with Crippen LogP contribution in [0.25, 0.3) is 10.9 Å². The average Bonchev–Trinajstić information content (AvgIpc) is 3.13. The van der Waals surface area contributed by atoms with Crippen molar-refractivity contribution in [2.24, 2.45) is 10.9 Å². The Morgan fingerprint density at radius 2 is 1.77 bits per heavy atom. The number of aromatic amines is 1. The molecule has 6 N–H and O–H groups in total. The summed E-state index contributed by atoms with van der Waals surface area (Å²) < 4.78 is 22.1. The number of hydrogen-bond acceptors (Lipinski definition) is 7. The molecule has 10 nitrogen and oxygen atoms in total. The maximum atomic E-state index is 11.1. The summed E-state index contributed by atoms with van der Waals surface area (Å²) in [6, 6.07) is 13.3. The highest BCUT2D eigenvalue weighted by atomic mass is 35.5. The van der Waals surface area contributed by atoms with Crippen LogP contribution in [0.2, 0.25) is 5.15 Å². The first-order valence-electron chi connectivity index (χ1n) is 8.34. The van der Waals surface area contributed by atoms with Crippen LogP contribution in [0.3, 0.4) is 0 Å². The summed E-state index contributed by atoms with van der Waals surface area (Å²) in [5.41, 5.74) is 6.88. The molecule has 30 heavy (non-hydrogen) atoms. The number of carbonyl (C=O) groups is 1. The van der Waals surface area contributed by atoms with Crippen LogP contribution in [-0.2, 0) is 10.0 Å². The SMILES string of the molecule is NC(=O)c1n[nH]c2ccccc12.NS(=O)(=O)c1ccc(Nc2cncc(Cl)n2)cc1. The second-order valence-electron chi connectivity index (χ2n) is 5.90. The Bertz CT molecular complexity index is 1290. The lowest BCUT2D eigenvalue weighted by molar-refractivity contribution is 0.0997. The zero-order valence-electron chi connectivity index (χ0n) is 15.3. The number of anilines is 2. The molecule has 0 fully saturated rings. The number of primary amides is 1. The normalized spacial score (nSPS) is 10.9. The number of H-pyrrole nitrogens is 1. The number of rotatable bonds is 4. The third-order valence-electron chi connectivity index (χ3n) is 3.76. The summed E-state index contributed by atoms with van der Waals surface area (Å²) >= 11 is 5.69. The molecule has 2 aromatic heterocycles. The molecule has 4 rings (SSSR count). The highest BCUT2D eigenvalue weighted by Gasteiger charge is 2.09. The van der Waals surface area contributed by atoms with Gasteiger partial charge in [-0.3, -0.25) is 14.9 Å². The fourth-order valence-corrected chi connectivity index (χ4v) is 3.09. The van der Waals surface area contributed by atoms with Crippen molar-refractivity contribution in [3.8, 4) is 0 Å². The first-order valence-corrected chi connectivity index (χ1v) is 10.3. The minimum atomic E-state index is -3.68. The Kier molecular flexibility index (Phi) is 6.26. The van der Waals surface area contributed by atoms with Gasteiger partial charge in [-0.15, -0.1) is 0 Å². The van der Waals surface area contributed by atoms with E-state index in [9.17, 15) is 13.2 Å². The summed E-state index contributed by atoms with van der Waals surface area (Å²) in [6.07, 6.45) is 2.91. The topological polar surface area (TPSA) is 170 Å². The standard InChI is InChI=1S/C10H9ClN4O2S.C8H7N3O/c11-9-5-13-6-10(15-9)14-7-1-3-8(4-2-7)18(12,16)17;9-8(12)7-5-3-1-2-4-6(5)10-11-7/h1-6H,(H,14,15)(H2,12,16,17);1-4H,(H2,9,12)(H,10,11). The number of nitrogens with two attached hydrogens (primary N) is 2. The summed E-state index contributed by atoms with van der Waals surface area (Å²) in [4.78, 5) is 18.7. The Morgan fingerprint density at radius 3 is 2.40 bits per heavy atom. The number of primary sulfonamides is 1. The molecule has 2 heterocycles. The minimum absolute atomic E-state index is 0.0465. The summed E-state index contributed by atoms with van der Waals surface area (Å²) in [5, 5.41) is 15.5. The molecule has 0 unspecified atom stereocenters. The fraction of sp³-hybridized carbons (Fsp3) is 0. The van der Waals surface area contributed by atoms with Gasteiger partial charge in [0.25, 0.3) is 5.91 Å². The highest BCUT2D eigenvalue weighted by Crippen LogP contribution is 2.17. The number of carbonyl (C=O) groups excluding carboxylic acids is 1. The van der Waals surface area contributed by atoms with E-state index in [0.717, 1.165) is 10.9 Å². The lowest BCUT2D eigenvalue weighted by Gasteiger charge is -2.05. The molecule has 154 valence electrons. The summed E-state index contributed by atoms with van der Waals surface area (Å²) in [6.45, 7) is 0. The summed E-state index contributed by atoms with van der Waals surface area (Å²) in [5.74, 6) is -0.0432. The average molecular weight is 446 g/mol. The van der Waals surface area contributed by atoms with Crippen molar-refractivity contribution in [2.45, 2.75) is 4.90 Å². The maximum absolute atomic E-state index is 11.1. The molecule has 4 aromatic rings. The van der Waals surface area contributed by atoms with Crippen LogP contribution in [0.5, 0.6) is 0 Å². The number of aromatic nitrogens is 4. The van der Waals surface area contributed by atoms with Gasteiger partial charge in [0.05, 0.1) is 22.8 Å². The van der Waals surface area contributed by atoms with Crippen molar-refractivity contribution in [1.82, 2.24) is 20.2 Å². The van der Waals surface area contributed by atoms with Crippen LogP contribution < -0.4 is 16.2 Å². The molecule has 0 aliphatic heterocycles. The largest absolute Gasteiger partial charge is 0.364 e. The van der Waals surface area contributed by atoms with Crippen molar-refractivity contribution >= 4 is 49.9 Å². The van der Waals surface area contributed by atoms with Gasteiger partial charge < -0.3 is 11.1 Å². The lowest BCUT2D eigenvalue weighted by atomic mass is 10.2. The van der Waals surface area contributed by atoms with Gasteiger partial charge in [-0.05, 0) is 30.3 Å². The predicted octanol–water partition coefficient (Wildman–Crippen LogP) is 2.18. The molecule has 0 aliphatic rings. The van der Waals surface area contributed by atoms with E-state index in [4.69, 9.17) is 22.5 Å². The molecule has 0 aliphatic carbocycles. The van der Waals surface area contributed by atoms with E-state index < -0.39 is 15.9 Å². The molecule has 2 aromatic carbocycles. The number of benzene rings is 2. The molecule has 0 bridgehead atoms. The minimum Gasteiger partial charge on any atom is -0.364 e. The fourth-order valence-electron chi connectivity index (χ4n) is 2.43. The number of nitrogens with one attached hydrogen (secondary N) is 2. The number of nitrogens with zero attached hydrogens (tertiary/aromatic N) is 3. The van der Waals surface area contributed by atoms with E-state index in [-0.39, 0.29) is 10.0 Å². The van der Waals surface area contributed by atoms with Crippen molar-refractivity contribution in [2.75, 3.05) is 5.32 Å². The van der Waals surface area contributed by atoms with E-state index in [1.807, 2.05) is 18.2 Å². The van der Waals surface area contributed by atoms with Gasteiger partial charge in [0.15, 0.2) is 11.5 Å². The van der Waals surface area contributed by atoms with Gasteiger partial charge in [0.1, 0.15) is 5.15 Å². The Labute approximate surface area is 176 Å². The lowest BCUT2D eigenvalue weighted by Crippen LogP contribution is -2.11. The van der Waals surface area contributed by atoms with Crippen LogP contribution in [0, 0.1) is 0 Å². The molecular formula is C18H16ClN7O3S. The molecule has 0 spiro atoms. The van der Waals surface area contributed by atoms with Crippen LogP contribution in [-0.4, -0.2) is 34.5 Å².